The van der Waals surface area contributed by atoms with Crippen LogP contribution in [-0.2, 0) is 4.79 Å². The average Bonchev–Trinajstić information content (AvgIpc) is 2.65. The van der Waals surface area contributed by atoms with E-state index in [1.54, 1.807) is 0 Å². The summed E-state index contributed by atoms with van der Waals surface area (Å²) in [5.74, 6) is -1.64. The topological polar surface area (TPSA) is 40.5 Å². The lowest BCUT2D eigenvalue weighted by molar-refractivity contribution is -0.117. The van der Waals surface area contributed by atoms with Gasteiger partial charge in [0.25, 0.3) is 0 Å². The van der Waals surface area contributed by atoms with Crippen molar-refractivity contribution in [3.05, 3.63) is 29.3 Å². The first kappa shape index (κ1) is 12.0. The molecule has 5 heteroatoms. The monoisotopic (exact) mass is 241 g/mol. The number of amides is 1. The molecule has 1 aliphatic rings. The standard InChI is InChI=1S/C12H13F2NO2/c1-7-2-10(14)11(4-9(7)13)15-5-8(6-16)3-12(15)17/h2,4,8,16H,3,5-6H2,1H3. The minimum absolute atomic E-state index is 0.0472. The SMILES string of the molecule is Cc1cc(F)c(N2CC(CO)CC2=O)cc1F. The molecule has 1 atom stereocenters. The van der Waals surface area contributed by atoms with Crippen LogP contribution in [0, 0.1) is 24.5 Å². The Bertz CT molecular complexity index is 462. The minimum atomic E-state index is -0.615. The minimum Gasteiger partial charge on any atom is -0.396 e. The first-order valence-corrected chi connectivity index (χ1v) is 5.39. The summed E-state index contributed by atoms with van der Waals surface area (Å²) < 4.78 is 27.0. The largest absolute Gasteiger partial charge is 0.396 e. The molecule has 1 saturated heterocycles. The Morgan fingerprint density at radius 2 is 2.12 bits per heavy atom. The summed E-state index contributed by atoms with van der Waals surface area (Å²) in [6.07, 6.45) is 0.172. The van der Waals surface area contributed by atoms with Gasteiger partial charge in [-0.1, -0.05) is 0 Å². The predicted octanol–water partition coefficient (Wildman–Crippen LogP) is 1.62. The van der Waals surface area contributed by atoms with Gasteiger partial charge in [0.2, 0.25) is 5.91 Å². The second kappa shape index (κ2) is 4.41. The first-order valence-electron chi connectivity index (χ1n) is 5.39. The van der Waals surface area contributed by atoms with E-state index in [0.29, 0.717) is 0 Å². The molecule has 1 aromatic rings. The van der Waals surface area contributed by atoms with E-state index in [0.717, 1.165) is 12.1 Å². The Morgan fingerprint density at radius 3 is 2.71 bits per heavy atom. The van der Waals surface area contributed by atoms with Crippen molar-refractivity contribution in [3.8, 4) is 0 Å². The van der Waals surface area contributed by atoms with Crippen molar-refractivity contribution in [1.29, 1.82) is 0 Å². The zero-order valence-electron chi connectivity index (χ0n) is 9.41. The summed E-state index contributed by atoms with van der Waals surface area (Å²) in [7, 11) is 0. The molecule has 2 rings (SSSR count). The van der Waals surface area contributed by atoms with E-state index >= 15 is 0 Å². The second-order valence-corrected chi connectivity index (χ2v) is 4.31. The van der Waals surface area contributed by atoms with Gasteiger partial charge in [0.05, 0.1) is 5.69 Å². The van der Waals surface area contributed by atoms with E-state index in [4.69, 9.17) is 5.11 Å². The van der Waals surface area contributed by atoms with Crippen LogP contribution in [0.2, 0.25) is 0 Å². The fraction of sp³-hybridized carbons (Fsp3) is 0.417. The normalized spacial score (nSPS) is 20.1. The van der Waals surface area contributed by atoms with Crippen molar-refractivity contribution in [1.82, 2.24) is 0 Å². The molecule has 92 valence electrons. The Hall–Kier alpha value is -1.49. The van der Waals surface area contributed by atoms with E-state index in [9.17, 15) is 13.6 Å². The number of rotatable bonds is 2. The van der Waals surface area contributed by atoms with Gasteiger partial charge in [-0.15, -0.1) is 0 Å². The first-order chi connectivity index (χ1) is 8.02. The zero-order valence-corrected chi connectivity index (χ0v) is 9.41. The number of aliphatic hydroxyl groups excluding tert-OH is 1. The lowest BCUT2D eigenvalue weighted by atomic mass is 10.1. The van der Waals surface area contributed by atoms with Crippen molar-refractivity contribution in [2.24, 2.45) is 5.92 Å². The molecule has 1 N–H and O–H groups in total. The number of hydrogen-bond acceptors (Lipinski definition) is 2. The summed E-state index contributed by atoms with van der Waals surface area (Å²) in [6, 6.07) is 2.10. The molecule has 3 nitrogen and oxygen atoms in total. The zero-order chi connectivity index (χ0) is 12.6. The molecule has 1 heterocycles. The van der Waals surface area contributed by atoms with E-state index < -0.39 is 11.6 Å². The number of halogens is 2. The lowest BCUT2D eigenvalue weighted by Gasteiger charge is -2.17. The molecule has 17 heavy (non-hydrogen) atoms. The van der Waals surface area contributed by atoms with E-state index in [2.05, 4.69) is 0 Å². The number of benzene rings is 1. The van der Waals surface area contributed by atoms with Crippen LogP contribution >= 0.6 is 0 Å². The molecule has 1 amide bonds. The van der Waals surface area contributed by atoms with Gasteiger partial charge in [0, 0.05) is 31.6 Å². The van der Waals surface area contributed by atoms with Gasteiger partial charge in [-0.25, -0.2) is 8.78 Å². The van der Waals surface area contributed by atoms with Gasteiger partial charge < -0.3 is 10.0 Å². The van der Waals surface area contributed by atoms with E-state index in [1.165, 1.54) is 11.8 Å². The summed E-state index contributed by atoms with van der Waals surface area (Å²) in [5, 5.41) is 8.97. The van der Waals surface area contributed by atoms with Gasteiger partial charge in [-0.05, 0) is 18.6 Å². The molecule has 1 fully saturated rings. The predicted molar refractivity (Wildman–Crippen MR) is 58.6 cm³/mol. The highest BCUT2D eigenvalue weighted by Crippen LogP contribution is 2.28. The van der Waals surface area contributed by atoms with Crippen molar-refractivity contribution in [3.63, 3.8) is 0 Å². The van der Waals surface area contributed by atoms with Gasteiger partial charge >= 0.3 is 0 Å². The number of carbonyl (C=O) groups is 1. The Balaban J connectivity index is 2.35. The number of anilines is 1. The van der Waals surface area contributed by atoms with Gasteiger partial charge in [-0.2, -0.15) is 0 Å². The molecule has 0 radical (unpaired) electrons. The molecule has 0 spiro atoms. The van der Waals surface area contributed by atoms with Crippen LogP contribution in [0.1, 0.15) is 12.0 Å². The Kier molecular flexibility index (Phi) is 3.11. The second-order valence-electron chi connectivity index (χ2n) is 4.31. The van der Waals surface area contributed by atoms with Crippen LogP contribution < -0.4 is 4.90 Å². The van der Waals surface area contributed by atoms with Crippen LogP contribution in [0.15, 0.2) is 12.1 Å². The van der Waals surface area contributed by atoms with Gasteiger partial charge in [0.1, 0.15) is 11.6 Å². The average molecular weight is 241 g/mol. The molecule has 1 aromatic carbocycles. The summed E-state index contributed by atoms with van der Waals surface area (Å²) >= 11 is 0. The quantitative estimate of drug-likeness (QED) is 0.854. The smallest absolute Gasteiger partial charge is 0.227 e. The highest BCUT2D eigenvalue weighted by molar-refractivity contribution is 5.95. The van der Waals surface area contributed by atoms with E-state index in [-0.39, 0.29) is 42.6 Å². The molecule has 0 saturated carbocycles. The van der Waals surface area contributed by atoms with Crippen molar-refractivity contribution < 1.29 is 18.7 Å². The fourth-order valence-corrected chi connectivity index (χ4v) is 1.98. The molecule has 1 aliphatic heterocycles. The molecular formula is C12H13F2NO2. The van der Waals surface area contributed by atoms with Crippen LogP contribution in [-0.4, -0.2) is 24.2 Å². The van der Waals surface area contributed by atoms with E-state index in [1.807, 2.05) is 0 Å². The van der Waals surface area contributed by atoms with Crippen molar-refractivity contribution >= 4 is 11.6 Å². The summed E-state index contributed by atoms with van der Waals surface area (Å²) in [6.45, 7) is 1.57. The number of aliphatic hydroxyl groups is 1. The molecule has 1 unspecified atom stereocenters. The lowest BCUT2D eigenvalue weighted by Crippen LogP contribution is -2.26. The Morgan fingerprint density at radius 1 is 1.41 bits per heavy atom. The van der Waals surface area contributed by atoms with Crippen LogP contribution in [0.5, 0.6) is 0 Å². The third-order valence-corrected chi connectivity index (χ3v) is 2.98. The number of aryl methyl sites for hydroxylation is 1. The maximum absolute atomic E-state index is 13.7. The van der Waals surface area contributed by atoms with Gasteiger partial charge in [0.15, 0.2) is 0 Å². The third-order valence-electron chi connectivity index (χ3n) is 2.98. The van der Waals surface area contributed by atoms with Crippen LogP contribution in [0.3, 0.4) is 0 Å². The molecular weight excluding hydrogens is 228 g/mol. The molecule has 0 aromatic heterocycles. The van der Waals surface area contributed by atoms with Crippen LogP contribution in [0.25, 0.3) is 0 Å². The highest BCUT2D eigenvalue weighted by atomic mass is 19.1. The number of nitrogens with zero attached hydrogens (tertiary/aromatic N) is 1. The summed E-state index contributed by atoms with van der Waals surface area (Å²) in [5.41, 5.74) is 0.158. The fourth-order valence-electron chi connectivity index (χ4n) is 1.98. The van der Waals surface area contributed by atoms with Crippen LogP contribution in [0.4, 0.5) is 14.5 Å². The maximum atomic E-state index is 13.7. The maximum Gasteiger partial charge on any atom is 0.227 e. The number of hydrogen-bond donors (Lipinski definition) is 1. The highest BCUT2D eigenvalue weighted by Gasteiger charge is 2.31. The molecule has 0 aliphatic carbocycles. The number of carbonyl (C=O) groups excluding carboxylic acids is 1. The molecule has 0 bridgehead atoms. The Labute approximate surface area is 97.7 Å². The summed E-state index contributed by atoms with van der Waals surface area (Å²) in [4.78, 5) is 12.8. The van der Waals surface area contributed by atoms with Crippen molar-refractivity contribution in [2.45, 2.75) is 13.3 Å². The third kappa shape index (κ3) is 2.15. The van der Waals surface area contributed by atoms with Gasteiger partial charge in [-0.3, -0.25) is 4.79 Å². The van der Waals surface area contributed by atoms with Crippen molar-refractivity contribution in [2.75, 3.05) is 18.1 Å².